The van der Waals surface area contributed by atoms with Crippen LogP contribution in [0.2, 0.25) is 0 Å². The number of fused-ring (bicyclic) bond motifs is 2. The minimum atomic E-state index is -0.437. The summed E-state index contributed by atoms with van der Waals surface area (Å²) in [6, 6.07) is 0. The zero-order valence-corrected chi connectivity index (χ0v) is 13.9. The van der Waals surface area contributed by atoms with Crippen molar-refractivity contribution in [3.63, 3.8) is 0 Å². The van der Waals surface area contributed by atoms with E-state index in [2.05, 4.69) is 32.6 Å². The Labute approximate surface area is 127 Å². The highest BCUT2D eigenvalue weighted by Gasteiger charge is 2.72. The number of nitrogens with zero attached hydrogens (tertiary/aromatic N) is 2. The van der Waals surface area contributed by atoms with Crippen molar-refractivity contribution in [1.29, 1.82) is 0 Å². The molecule has 2 aliphatic carbocycles. The second-order valence-electron chi connectivity index (χ2n) is 7.87. The van der Waals surface area contributed by atoms with Gasteiger partial charge in [-0.2, -0.15) is 0 Å². The van der Waals surface area contributed by atoms with Crippen LogP contribution in [0.15, 0.2) is 0 Å². The van der Waals surface area contributed by atoms with Gasteiger partial charge in [0.05, 0.1) is 5.41 Å². The molecule has 2 saturated carbocycles. The van der Waals surface area contributed by atoms with Crippen LogP contribution < -0.4 is 0 Å². The number of likely N-dealkylation sites (N-methyl/N-ethyl adjacent to an activating group) is 1. The summed E-state index contributed by atoms with van der Waals surface area (Å²) in [4.78, 5) is 30.1. The van der Waals surface area contributed by atoms with Crippen molar-refractivity contribution in [1.82, 2.24) is 9.80 Å². The number of piperazine rings is 1. The van der Waals surface area contributed by atoms with E-state index >= 15 is 0 Å². The lowest BCUT2D eigenvalue weighted by Gasteiger charge is -2.44. The molecule has 1 amide bonds. The van der Waals surface area contributed by atoms with E-state index in [0.29, 0.717) is 12.2 Å². The van der Waals surface area contributed by atoms with Crippen LogP contribution in [0.1, 0.15) is 47.0 Å². The van der Waals surface area contributed by atoms with Gasteiger partial charge in [0.2, 0.25) is 5.91 Å². The quantitative estimate of drug-likeness (QED) is 0.781. The number of hydrogen-bond donors (Lipinski definition) is 0. The standard InChI is InChI=1S/C17H28N2O2/c1-5-18-8-10-19(11-9-18)14(21)17-7-6-16(4,13(20)12-17)15(17,2)3/h5-12H2,1-4H3. The van der Waals surface area contributed by atoms with Crippen molar-refractivity contribution < 1.29 is 9.59 Å². The van der Waals surface area contributed by atoms with E-state index in [1.54, 1.807) is 0 Å². The topological polar surface area (TPSA) is 40.6 Å². The van der Waals surface area contributed by atoms with Gasteiger partial charge in [0.25, 0.3) is 0 Å². The maximum Gasteiger partial charge on any atom is 0.229 e. The predicted octanol–water partition coefficient (Wildman–Crippen LogP) is 1.94. The lowest BCUT2D eigenvalue weighted by atomic mass is 9.64. The molecule has 1 heterocycles. The molecule has 2 bridgehead atoms. The summed E-state index contributed by atoms with van der Waals surface area (Å²) in [5.74, 6) is 0.553. The summed E-state index contributed by atoms with van der Waals surface area (Å²) < 4.78 is 0. The number of carbonyl (C=O) groups excluding carboxylic acids is 2. The number of carbonyl (C=O) groups is 2. The minimum Gasteiger partial charge on any atom is -0.340 e. The van der Waals surface area contributed by atoms with Crippen LogP contribution >= 0.6 is 0 Å². The summed E-state index contributed by atoms with van der Waals surface area (Å²) in [5, 5.41) is 0. The Hall–Kier alpha value is -0.900. The molecule has 0 aromatic carbocycles. The molecule has 4 nitrogen and oxygen atoms in total. The SMILES string of the molecule is CCN1CCN(C(=O)C23CCC(C)(C(=O)C2)C3(C)C)CC1. The van der Waals surface area contributed by atoms with Crippen LogP contribution in [0.3, 0.4) is 0 Å². The lowest BCUT2D eigenvalue weighted by molar-refractivity contribution is -0.149. The second-order valence-corrected chi connectivity index (χ2v) is 7.87. The van der Waals surface area contributed by atoms with Crippen LogP contribution in [0, 0.1) is 16.2 Å². The molecule has 4 heteroatoms. The predicted molar refractivity (Wildman–Crippen MR) is 81.9 cm³/mol. The van der Waals surface area contributed by atoms with E-state index in [1.807, 2.05) is 4.90 Å². The molecule has 0 aromatic heterocycles. The molecule has 0 spiro atoms. The molecular weight excluding hydrogens is 264 g/mol. The zero-order chi connectivity index (χ0) is 15.5. The number of hydrogen-bond acceptors (Lipinski definition) is 3. The van der Waals surface area contributed by atoms with Crippen LogP contribution in [-0.2, 0) is 9.59 Å². The Morgan fingerprint density at radius 2 is 1.71 bits per heavy atom. The second kappa shape index (κ2) is 4.55. The van der Waals surface area contributed by atoms with Crippen molar-refractivity contribution in [2.45, 2.75) is 47.0 Å². The van der Waals surface area contributed by atoms with Gasteiger partial charge >= 0.3 is 0 Å². The Bertz CT molecular complexity index is 479. The van der Waals surface area contributed by atoms with E-state index in [1.165, 1.54) is 0 Å². The van der Waals surface area contributed by atoms with E-state index in [0.717, 1.165) is 45.6 Å². The third kappa shape index (κ3) is 1.71. The van der Waals surface area contributed by atoms with Gasteiger partial charge in [-0.3, -0.25) is 9.59 Å². The lowest BCUT2D eigenvalue weighted by Crippen LogP contribution is -2.55. The van der Waals surface area contributed by atoms with Gasteiger partial charge in [-0.25, -0.2) is 0 Å². The van der Waals surface area contributed by atoms with Gasteiger partial charge in [-0.15, -0.1) is 0 Å². The number of amides is 1. The fraction of sp³-hybridized carbons (Fsp3) is 0.882. The van der Waals surface area contributed by atoms with Crippen LogP contribution in [0.4, 0.5) is 0 Å². The Kier molecular flexibility index (Phi) is 3.25. The molecule has 0 radical (unpaired) electrons. The van der Waals surface area contributed by atoms with Gasteiger partial charge in [0, 0.05) is 38.0 Å². The third-order valence-corrected chi connectivity index (χ3v) is 7.22. The maximum atomic E-state index is 13.2. The zero-order valence-electron chi connectivity index (χ0n) is 13.9. The number of rotatable bonds is 2. The first kappa shape index (κ1) is 15.0. The van der Waals surface area contributed by atoms with Crippen molar-refractivity contribution in [3.8, 4) is 0 Å². The Morgan fingerprint density at radius 1 is 1.10 bits per heavy atom. The average molecular weight is 292 g/mol. The summed E-state index contributed by atoms with van der Waals surface area (Å²) in [7, 11) is 0. The summed E-state index contributed by atoms with van der Waals surface area (Å²) in [5.41, 5.74) is -0.947. The molecule has 3 rings (SSSR count). The Balaban J connectivity index is 1.84. The summed E-state index contributed by atoms with van der Waals surface area (Å²) in [6.07, 6.45) is 2.22. The van der Waals surface area contributed by atoms with Crippen LogP contribution in [0.5, 0.6) is 0 Å². The third-order valence-electron chi connectivity index (χ3n) is 7.22. The van der Waals surface area contributed by atoms with Gasteiger partial charge in [-0.05, 0) is 24.8 Å². The van der Waals surface area contributed by atoms with E-state index < -0.39 is 5.41 Å². The highest BCUT2D eigenvalue weighted by atomic mass is 16.2. The van der Waals surface area contributed by atoms with E-state index in [9.17, 15) is 9.59 Å². The van der Waals surface area contributed by atoms with Gasteiger partial charge in [0.1, 0.15) is 5.78 Å². The average Bonchev–Trinajstić information content (AvgIpc) is 2.77. The maximum absolute atomic E-state index is 13.2. The molecule has 0 N–H and O–H groups in total. The summed E-state index contributed by atoms with van der Waals surface area (Å²) >= 11 is 0. The van der Waals surface area contributed by atoms with Crippen molar-refractivity contribution in [2.24, 2.45) is 16.2 Å². The molecule has 3 fully saturated rings. The van der Waals surface area contributed by atoms with E-state index in [4.69, 9.17) is 0 Å². The Morgan fingerprint density at radius 3 is 2.14 bits per heavy atom. The molecule has 0 aromatic rings. The largest absolute Gasteiger partial charge is 0.340 e. The highest BCUT2D eigenvalue weighted by molar-refractivity contribution is 5.99. The van der Waals surface area contributed by atoms with Crippen molar-refractivity contribution in [2.75, 3.05) is 32.7 Å². The monoisotopic (exact) mass is 292 g/mol. The fourth-order valence-electron chi connectivity index (χ4n) is 4.90. The molecule has 2 atom stereocenters. The first-order chi connectivity index (χ1) is 9.78. The van der Waals surface area contributed by atoms with Gasteiger partial charge in [0.15, 0.2) is 0 Å². The van der Waals surface area contributed by atoms with Crippen LogP contribution in [0.25, 0.3) is 0 Å². The normalized spacial score (nSPS) is 39.0. The molecular formula is C17H28N2O2. The minimum absolute atomic E-state index is 0.212. The smallest absolute Gasteiger partial charge is 0.229 e. The molecule has 3 aliphatic rings. The van der Waals surface area contributed by atoms with Gasteiger partial charge in [-0.1, -0.05) is 27.7 Å². The first-order valence-electron chi connectivity index (χ1n) is 8.33. The number of Topliss-reactive ketones (excluding diaryl/α,β-unsaturated/α-hetero) is 1. The van der Waals surface area contributed by atoms with Crippen molar-refractivity contribution >= 4 is 11.7 Å². The molecule has 1 saturated heterocycles. The summed E-state index contributed by atoms with van der Waals surface area (Å²) in [6.45, 7) is 13.1. The first-order valence-corrected chi connectivity index (χ1v) is 8.33. The van der Waals surface area contributed by atoms with E-state index in [-0.39, 0.29) is 16.7 Å². The molecule has 118 valence electrons. The van der Waals surface area contributed by atoms with Crippen molar-refractivity contribution in [3.05, 3.63) is 0 Å². The molecule has 1 aliphatic heterocycles. The van der Waals surface area contributed by atoms with Crippen LogP contribution in [-0.4, -0.2) is 54.2 Å². The molecule has 21 heavy (non-hydrogen) atoms. The van der Waals surface area contributed by atoms with Gasteiger partial charge < -0.3 is 9.80 Å². The molecule has 2 unspecified atom stereocenters. The highest BCUT2D eigenvalue weighted by Crippen LogP contribution is 2.71. The fourth-order valence-corrected chi connectivity index (χ4v) is 4.90. The number of ketones is 1.